The lowest BCUT2D eigenvalue weighted by molar-refractivity contribution is -0.00944. The van der Waals surface area contributed by atoms with E-state index in [2.05, 4.69) is 10.3 Å². The Hall–Kier alpha value is -3.39. The maximum absolute atomic E-state index is 13.6. The molecule has 4 rings (SSSR count). The number of amides is 1. The maximum Gasteiger partial charge on any atom is 0.408 e. The van der Waals surface area contributed by atoms with Gasteiger partial charge in [0.2, 0.25) is 0 Å². The highest BCUT2D eigenvalue weighted by atomic mass is 35.5. The summed E-state index contributed by atoms with van der Waals surface area (Å²) in [6.45, 7) is 7.06. The highest BCUT2D eigenvalue weighted by molar-refractivity contribution is 6.35. The molecule has 1 fully saturated rings. The Bertz CT molecular complexity index is 1310. The first-order chi connectivity index (χ1) is 16.5. The first-order valence-electron chi connectivity index (χ1n) is 11.5. The summed E-state index contributed by atoms with van der Waals surface area (Å²) in [6, 6.07) is 13.0. The van der Waals surface area contributed by atoms with E-state index in [1.807, 2.05) is 6.07 Å². The number of esters is 1. The number of hydrogen-bond acceptors (Lipinski definition) is 6. The number of nitrogens with one attached hydrogen (secondary N) is 1. The molecule has 0 unspecified atom stereocenters. The van der Waals surface area contributed by atoms with Crippen molar-refractivity contribution in [1.29, 1.82) is 0 Å². The van der Waals surface area contributed by atoms with Gasteiger partial charge < -0.3 is 14.8 Å². The van der Waals surface area contributed by atoms with E-state index in [1.165, 1.54) is 0 Å². The van der Waals surface area contributed by atoms with E-state index < -0.39 is 23.7 Å². The van der Waals surface area contributed by atoms with Crippen LogP contribution in [0, 0.1) is 0 Å². The number of carbonyl (C=O) groups is 2. The number of alkyl carbamates (subject to hydrolysis) is 1. The summed E-state index contributed by atoms with van der Waals surface area (Å²) >= 11 is 6.34. The molecule has 0 bridgehead atoms. The summed E-state index contributed by atoms with van der Waals surface area (Å²) in [5.41, 5.74) is -0.0511. The second-order valence-electron chi connectivity index (χ2n) is 9.67. The van der Waals surface area contributed by atoms with Gasteiger partial charge in [-0.25, -0.2) is 14.6 Å². The summed E-state index contributed by atoms with van der Waals surface area (Å²) in [5, 5.41) is 3.38. The lowest BCUT2D eigenvalue weighted by atomic mass is 9.88. The highest BCUT2D eigenvalue weighted by Gasteiger charge is 2.37. The summed E-state index contributed by atoms with van der Waals surface area (Å²) in [7, 11) is 0. The topological polar surface area (TPSA) is 99.5 Å². The van der Waals surface area contributed by atoms with Crippen LogP contribution in [0.2, 0.25) is 5.02 Å². The molecule has 184 valence electrons. The maximum atomic E-state index is 13.6. The molecule has 2 aromatic carbocycles. The Kier molecular flexibility index (Phi) is 6.85. The van der Waals surface area contributed by atoms with Gasteiger partial charge in [-0.05, 0) is 52.0 Å². The van der Waals surface area contributed by atoms with Crippen LogP contribution in [0.15, 0.2) is 53.3 Å². The number of rotatable bonds is 5. The Morgan fingerprint density at radius 3 is 2.46 bits per heavy atom. The van der Waals surface area contributed by atoms with Crippen molar-refractivity contribution in [3.05, 3.63) is 75.3 Å². The highest BCUT2D eigenvalue weighted by Crippen LogP contribution is 2.36. The molecule has 1 amide bonds. The van der Waals surface area contributed by atoms with Crippen molar-refractivity contribution in [1.82, 2.24) is 14.9 Å². The molecule has 8 nitrogen and oxygen atoms in total. The first-order valence-corrected chi connectivity index (χ1v) is 11.9. The SMILES string of the molecule is C[C@H](NC(=O)OC(C)(C)C)c1nc2cccc(Cl)c2c(=O)n1[C@H]1C[C@H](OC(=O)c2ccccc2)C1. The van der Waals surface area contributed by atoms with Gasteiger partial charge in [-0.15, -0.1) is 0 Å². The predicted molar refractivity (Wildman–Crippen MR) is 133 cm³/mol. The average Bonchev–Trinajstić information content (AvgIpc) is 2.75. The van der Waals surface area contributed by atoms with Crippen LogP contribution in [0.5, 0.6) is 0 Å². The number of benzene rings is 2. The van der Waals surface area contributed by atoms with Gasteiger partial charge in [-0.3, -0.25) is 9.36 Å². The van der Waals surface area contributed by atoms with Crippen molar-refractivity contribution in [2.24, 2.45) is 0 Å². The van der Waals surface area contributed by atoms with Gasteiger partial charge in [-0.2, -0.15) is 0 Å². The Balaban J connectivity index is 1.60. The van der Waals surface area contributed by atoms with Gasteiger partial charge in [0.05, 0.1) is 27.5 Å². The summed E-state index contributed by atoms with van der Waals surface area (Å²) < 4.78 is 12.5. The van der Waals surface area contributed by atoms with Crippen LogP contribution in [-0.2, 0) is 9.47 Å². The van der Waals surface area contributed by atoms with E-state index in [0.717, 1.165) is 0 Å². The second-order valence-corrected chi connectivity index (χ2v) is 10.1. The van der Waals surface area contributed by atoms with Crippen molar-refractivity contribution in [3.63, 3.8) is 0 Å². The third-order valence-electron chi connectivity index (χ3n) is 5.74. The van der Waals surface area contributed by atoms with Gasteiger partial charge in [0.15, 0.2) is 0 Å². The van der Waals surface area contributed by atoms with E-state index in [9.17, 15) is 14.4 Å². The molecule has 1 heterocycles. The Morgan fingerprint density at radius 1 is 1.11 bits per heavy atom. The number of nitrogens with zero attached hydrogens (tertiary/aromatic N) is 2. The molecule has 1 aliphatic carbocycles. The normalized spacial score (nSPS) is 18.4. The molecule has 0 spiro atoms. The van der Waals surface area contributed by atoms with Gasteiger partial charge in [0, 0.05) is 18.9 Å². The molecular weight excluding hydrogens is 470 g/mol. The fourth-order valence-electron chi connectivity index (χ4n) is 4.07. The zero-order valence-electron chi connectivity index (χ0n) is 20.1. The minimum Gasteiger partial charge on any atom is -0.459 e. The number of aromatic nitrogens is 2. The van der Waals surface area contributed by atoms with Crippen molar-refractivity contribution in [3.8, 4) is 0 Å². The minimum atomic E-state index is -0.669. The van der Waals surface area contributed by atoms with Crippen molar-refractivity contribution in [2.45, 2.75) is 64.3 Å². The molecule has 0 radical (unpaired) electrons. The van der Waals surface area contributed by atoms with Crippen molar-refractivity contribution >= 4 is 34.6 Å². The third-order valence-corrected chi connectivity index (χ3v) is 6.06. The van der Waals surface area contributed by atoms with E-state index in [0.29, 0.717) is 40.2 Å². The van der Waals surface area contributed by atoms with Crippen LogP contribution in [0.3, 0.4) is 0 Å². The largest absolute Gasteiger partial charge is 0.459 e. The monoisotopic (exact) mass is 497 g/mol. The average molecular weight is 498 g/mol. The van der Waals surface area contributed by atoms with E-state index >= 15 is 0 Å². The molecule has 9 heteroatoms. The fourth-order valence-corrected chi connectivity index (χ4v) is 4.32. The number of halogens is 1. The van der Waals surface area contributed by atoms with Crippen LogP contribution in [0.25, 0.3) is 10.9 Å². The summed E-state index contributed by atoms with van der Waals surface area (Å²) in [6.07, 6.45) is -0.0475. The molecular formula is C26H28ClN3O5. The molecule has 1 atom stereocenters. The molecule has 1 aliphatic rings. The number of hydrogen-bond donors (Lipinski definition) is 1. The molecule has 1 saturated carbocycles. The van der Waals surface area contributed by atoms with Crippen LogP contribution in [0.4, 0.5) is 4.79 Å². The van der Waals surface area contributed by atoms with Gasteiger partial charge >= 0.3 is 12.1 Å². The molecule has 35 heavy (non-hydrogen) atoms. The minimum absolute atomic E-state index is 0.262. The van der Waals surface area contributed by atoms with E-state index in [-0.39, 0.29) is 17.7 Å². The lowest BCUT2D eigenvalue weighted by Gasteiger charge is -2.37. The van der Waals surface area contributed by atoms with Crippen LogP contribution >= 0.6 is 11.6 Å². The second kappa shape index (κ2) is 9.70. The molecule has 3 aromatic rings. The van der Waals surface area contributed by atoms with E-state index in [1.54, 1.807) is 74.7 Å². The zero-order valence-corrected chi connectivity index (χ0v) is 20.8. The smallest absolute Gasteiger partial charge is 0.408 e. The molecule has 1 N–H and O–H groups in total. The quantitative estimate of drug-likeness (QED) is 0.486. The van der Waals surface area contributed by atoms with Crippen molar-refractivity contribution < 1.29 is 19.1 Å². The van der Waals surface area contributed by atoms with Crippen LogP contribution < -0.4 is 10.9 Å². The molecule has 1 aromatic heterocycles. The lowest BCUT2D eigenvalue weighted by Crippen LogP contribution is -2.43. The van der Waals surface area contributed by atoms with Crippen LogP contribution in [0.1, 0.15) is 68.8 Å². The summed E-state index contributed by atoms with van der Waals surface area (Å²) in [5.74, 6) is -0.0188. The van der Waals surface area contributed by atoms with Gasteiger partial charge in [0.1, 0.15) is 17.5 Å². The molecule has 0 saturated heterocycles. The number of carbonyl (C=O) groups excluding carboxylic acids is 2. The zero-order chi connectivity index (χ0) is 25.3. The third kappa shape index (κ3) is 5.48. The van der Waals surface area contributed by atoms with Gasteiger partial charge in [-0.1, -0.05) is 35.9 Å². The number of fused-ring (bicyclic) bond motifs is 1. The van der Waals surface area contributed by atoms with Crippen molar-refractivity contribution in [2.75, 3.05) is 0 Å². The standard InChI is InChI=1S/C26H28ClN3O5/c1-15(28-25(33)35-26(2,3)4)22-29-20-12-8-11-19(27)21(20)23(31)30(22)17-13-18(14-17)34-24(32)16-9-6-5-7-10-16/h5-12,15,17-18H,13-14H2,1-4H3,(H,28,33)/t15-,17-,18-/m0/s1. The predicted octanol–water partition coefficient (Wildman–Crippen LogP) is 5.20. The fraction of sp³-hybridized carbons (Fsp3) is 0.385. The Labute approximate surface area is 208 Å². The Morgan fingerprint density at radius 2 is 1.80 bits per heavy atom. The first kappa shape index (κ1) is 24.7. The summed E-state index contributed by atoms with van der Waals surface area (Å²) in [4.78, 5) is 43.0. The van der Waals surface area contributed by atoms with E-state index in [4.69, 9.17) is 21.1 Å². The number of ether oxygens (including phenoxy) is 2. The van der Waals surface area contributed by atoms with Gasteiger partial charge in [0.25, 0.3) is 5.56 Å². The molecule has 0 aliphatic heterocycles. The van der Waals surface area contributed by atoms with Crippen LogP contribution in [-0.4, -0.2) is 33.3 Å².